The van der Waals surface area contributed by atoms with Gasteiger partial charge >= 0.3 is 12.3 Å². The molecule has 5 nitrogen and oxygen atoms in total. The smallest absolute Gasteiger partial charge is 0.340 e. The first-order valence-electron chi connectivity index (χ1n) is 4.55. The van der Waals surface area contributed by atoms with Crippen LogP contribution in [0.1, 0.15) is 0 Å². The molecular formula is C8H5ClF4N4O. The second-order valence-corrected chi connectivity index (χ2v) is 3.63. The number of halogens is 5. The van der Waals surface area contributed by atoms with E-state index in [9.17, 15) is 17.6 Å². The molecule has 0 amide bonds. The van der Waals surface area contributed by atoms with Crippen LogP contribution in [0.5, 0.6) is 5.88 Å². The third-order valence-electron chi connectivity index (χ3n) is 1.92. The lowest BCUT2D eigenvalue weighted by Crippen LogP contribution is -2.34. The standard InChI is InChI=1S/C8H5ClF4N4O/c9-4-1-5(17-7(16-4)14-3-15-17)18-2-8(12,13)6(10)11/h1,3,6H,2H2. The Morgan fingerprint density at radius 1 is 1.44 bits per heavy atom. The Balaban J connectivity index is 2.24. The fourth-order valence-corrected chi connectivity index (χ4v) is 1.26. The molecule has 0 unspecified atom stereocenters. The van der Waals surface area contributed by atoms with E-state index < -0.39 is 19.0 Å². The summed E-state index contributed by atoms with van der Waals surface area (Å²) in [5.41, 5.74) is 0. The van der Waals surface area contributed by atoms with Gasteiger partial charge in [-0.2, -0.15) is 28.4 Å². The van der Waals surface area contributed by atoms with Gasteiger partial charge in [0.2, 0.25) is 5.88 Å². The first-order chi connectivity index (χ1) is 8.40. The summed E-state index contributed by atoms with van der Waals surface area (Å²) in [4.78, 5) is 7.38. The van der Waals surface area contributed by atoms with Gasteiger partial charge < -0.3 is 4.74 Å². The number of ether oxygens (including phenoxy) is 1. The van der Waals surface area contributed by atoms with Crippen molar-refractivity contribution in [1.29, 1.82) is 0 Å². The van der Waals surface area contributed by atoms with Gasteiger partial charge in [-0.3, -0.25) is 0 Å². The van der Waals surface area contributed by atoms with Crippen LogP contribution in [0.2, 0.25) is 5.15 Å². The predicted octanol–water partition coefficient (Wildman–Crippen LogP) is 2.06. The van der Waals surface area contributed by atoms with E-state index in [1.165, 1.54) is 0 Å². The number of hydrogen-bond acceptors (Lipinski definition) is 4. The SMILES string of the molecule is FC(F)C(F)(F)COc1cc(Cl)nc2ncnn12. The Kier molecular flexibility index (Phi) is 3.24. The van der Waals surface area contributed by atoms with Crippen LogP contribution < -0.4 is 4.74 Å². The van der Waals surface area contributed by atoms with Crippen LogP contribution in [0.15, 0.2) is 12.4 Å². The molecule has 2 rings (SSSR count). The van der Waals surface area contributed by atoms with Gasteiger partial charge in [-0.25, -0.2) is 8.78 Å². The summed E-state index contributed by atoms with van der Waals surface area (Å²) in [7, 11) is 0. The Hall–Kier alpha value is -1.64. The summed E-state index contributed by atoms with van der Waals surface area (Å²) in [6.45, 7) is -1.50. The summed E-state index contributed by atoms with van der Waals surface area (Å²) in [5, 5.41) is 3.55. The molecule has 0 bridgehead atoms. The topological polar surface area (TPSA) is 52.3 Å². The van der Waals surface area contributed by atoms with Crippen molar-refractivity contribution < 1.29 is 22.3 Å². The lowest BCUT2D eigenvalue weighted by atomic mass is 10.4. The molecule has 2 aromatic heterocycles. The van der Waals surface area contributed by atoms with E-state index in [2.05, 4.69) is 19.8 Å². The second-order valence-electron chi connectivity index (χ2n) is 3.24. The molecule has 2 heterocycles. The molecule has 18 heavy (non-hydrogen) atoms. The molecule has 0 aliphatic carbocycles. The van der Waals surface area contributed by atoms with Gasteiger partial charge in [0.05, 0.1) is 0 Å². The second kappa shape index (κ2) is 4.56. The maximum absolute atomic E-state index is 12.7. The molecule has 0 spiro atoms. The third kappa shape index (κ3) is 2.45. The molecule has 0 aliphatic rings. The van der Waals surface area contributed by atoms with Gasteiger partial charge in [0.1, 0.15) is 11.5 Å². The highest BCUT2D eigenvalue weighted by molar-refractivity contribution is 6.29. The van der Waals surface area contributed by atoms with E-state index in [1.54, 1.807) is 0 Å². The number of fused-ring (bicyclic) bond motifs is 1. The van der Waals surface area contributed by atoms with Crippen LogP contribution in [-0.4, -0.2) is 38.5 Å². The monoisotopic (exact) mass is 284 g/mol. The molecule has 0 aliphatic heterocycles. The van der Waals surface area contributed by atoms with Gasteiger partial charge in [-0.15, -0.1) is 0 Å². The highest BCUT2D eigenvalue weighted by Crippen LogP contribution is 2.25. The molecule has 0 aromatic carbocycles. The Morgan fingerprint density at radius 3 is 2.83 bits per heavy atom. The van der Waals surface area contributed by atoms with Gasteiger partial charge in [0.15, 0.2) is 6.61 Å². The fraction of sp³-hybridized carbons (Fsp3) is 0.375. The molecule has 0 saturated carbocycles. The Bertz CT molecular complexity index is 561. The van der Waals surface area contributed by atoms with Crippen LogP contribution >= 0.6 is 11.6 Å². The summed E-state index contributed by atoms with van der Waals surface area (Å²) >= 11 is 5.59. The first kappa shape index (κ1) is 12.8. The number of hydrogen-bond donors (Lipinski definition) is 0. The minimum atomic E-state index is -4.26. The lowest BCUT2D eigenvalue weighted by Gasteiger charge is -2.16. The molecule has 2 aromatic rings. The van der Waals surface area contributed by atoms with Gasteiger partial charge in [-0.05, 0) is 0 Å². The lowest BCUT2D eigenvalue weighted by molar-refractivity contribution is -0.149. The zero-order valence-electron chi connectivity index (χ0n) is 8.53. The van der Waals surface area contributed by atoms with E-state index in [1.807, 2.05) is 0 Å². The Morgan fingerprint density at radius 2 is 2.17 bits per heavy atom. The molecule has 0 atom stereocenters. The van der Waals surface area contributed by atoms with Crippen molar-refractivity contribution in [3.8, 4) is 5.88 Å². The molecule has 0 saturated heterocycles. The number of nitrogens with zero attached hydrogens (tertiary/aromatic N) is 4. The zero-order valence-corrected chi connectivity index (χ0v) is 9.28. The fourth-order valence-electron chi connectivity index (χ4n) is 1.09. The Labute approximate surface area is 102 Å². The van der Waals surface area contributed by atoms with Crippen LogP contribution in [0, 0.1) is 0 Å². The van der Waals surface area contributed by atoms with Crippen molar-refractivity contribution in [1.82, 2.24) is 19.6 Å². The molecule has 98 valence electrons. The van der Waals surface area contributed by atoms with Crippen molar-refractivity contribution in [2.75, 3.05) is 6.61 Å². The van der Waals surface area contributed by atoms with E-state index >= 15 is 0 Å². The summed E-state index contributed by atoms with van der Waals surface area (Å²) in [6.07, 6.45) is -2.72. The van der Waals surface area contributed by atoms with E-state index in [-0.39, 0.29) is 16.8 Å². The van der Waals surface area contributed by atoms with Crippen molar-refractivity contribution in [2.45, 2.75) is 12.3 Å². The largest absolute Gasteiger partial charge is 0.471 e. The molecule has 10 heteroatoms. The van der Waals surface area contributed by atoms with Crippen LogP contribution in [0.25, 0.3) is 5.78 Å². The van der Waals surface area contributed by atoms with E-state index in [0.717, 1.165) is 16.9 Å². The molecule has 0 radical (unpaired) electrons. The number of alkyl halides is 4. The minimum absolute atomic E-state index is 0.0119. The minimum Gasteiger partial charge on any atom is -0.471 e. The molecule has 0 fully saturated rings. The molecular weight excluding hydrogens is 280 g/mol. The third-order valence-corrected chi connectivity index (χ3v) is 2.11. The molecule has 0 N–H and O–H groups in total. The summed E-state index contributed by atoms with van der Waals surface area (Å²) in [5.74, 6) is -4.50. The van der Waals surface area contributed by atoms with Gasteiger partial charge in [-0.1, -0.05) is 11.6 Å². The average Bonchev–Trinajstić information content (AvgIpc) is 2.73. The summed E-state index contributed by atoms with van der Waals surface area (Å²) < 4.78 is 54.8. The number of rotatable bonds is 4. The number of aromatic nitrogens is 4. The normalized spacial score (nSPS) is 12.3. The van der Waals surface area contributed by atoms with Crippen molar-refractivity contribution in [3.05, 3.63) is 17.5 Å². The van der Waals surface area contributed by atoms with Crippen molar-refractivity contribution in [3.63, 3.8) is 0 Å². The van der Waals surface area contributed by atoms with Crippen LogP contribution in [-0.2, 0) is 0 Å². The summed E-state index contributed by atoms with van der Waals surface area (Å²) in [6, 6.07) is 1.07. The highest BCUT2D eigenvalue weighted by Gasteiger charge is 2.42. The zero-order chi connectivity index (χ0) is 13.3. The quantitative estimate of drug-likeness (QED) is 0.637. The van der Waals surface area contributed by atoms with Gasteiger partial charge in [0.25, 0.3) is 5.78 Å². The maximum Gasteiger partial charge on any atom is 0.340 e. The average molecular weight is 285 g/mol. The van der Waals surface area contributed by atoms with Crippen molar-refractivity contribution in [2.24, 2.45) is 0 Å². The van der Waals surface area contributed by atoms with E-state index in [0.29, 0.717) is 0 Å². The van der Waals surface area contributed by atoms with Crippen molar-refractivity contribution >= 4 is 17.4 Å². The first-order valence-corrected chi connectivity index (χ1v) is 4.93. The van der Waals surface area contributed by atoms with Crippen LogP contribution in [0.3, 0.4) is 0 Å². The maximum atomic E-state index is 12.7. The van der Waals surface area contributed by atoms with Gasteiger partial charge in [0, 0.05) is 6.07 Å². The highest BCUT2D eigenvalue weighted by atomic mass is 35.5. The van der Waals surface area contributed by atoms with Crippen LogP contribution in [0.4, 0.5) is 17.6 Å². The van der Waals surface area contributed by atoms with E-state index in [4.69, 9.17) is 11.6 Å². The predicted molar refractivity (Wildman–Crippen MR) is 52.2 cm³/mol.